The first-order valence-corrected chi connectivity index (χ1v) is 7.45. The van der Waals surface area contributed by atoms with Crippen LogP contribution in [0.3, 0.4) is 0 Å². The van der Waals surface area contributed by atoms with Crippen LogP contribution in [0.2, 0.25) is 0 Å². The van der Waals surface area contributed by atoms with Gasteiger partial charge in [0.2, 0.25) is 0 Å². The molecule has 1 fully saturated rings. The first-order valence-electron chi connectivity index (χ1n) is 5.74. The maximum Gasteiger partial charge on any atom is 0.330 e. The zero-order valence-electron chi connectivity index (χ0n) is 10.1. The highest BCUT2D eigenvalue weighted by atomic mass is 79.9. The van der Waals surface area contributed by atoms with E-state index in [-0.39, 0.29) is 18.6 Å². The molecule has 110 valence electrons. The second kappa shape index (κ2) is 6.35. The minimum atomic E-state index is -0.859. The summed E-state index contributed by atoms with van der Waals surface area (Å²) in [4.78, 5) is 27.2. The molecule has 20 heavy (non-hydrogen) atoms. The van der Waals surface area contributed by atoms with Crippen LogP contribution in [0.25, 0.3) is 4.48 Å². The summed E-state index contributed by atoms with van der Waals surface area (Å²) in [5.41, 5.74) is -0.928. The Kier molecular flexibility index (Phi) is 4.97. The third-order valence-corrected chi connectivity index (χ3v) is 4.74. The van der Waals surface area contributed by atoms with Gasteiger partial charge in [-0.3, -0.25) is 14.3 Å². The zero-order valence-corrected chi connectivity index (χ0v) is 13.3. The van der Waals surface area contributed by atoms with Crippen molar-refractivity contribution in [2.24, 2.45) is 0 Å². The van der Waals surface area contributed by atoms with E-state index in [0.29, 0.717) is 4.48 Å². The van der Waals surface area contributed by atoms with Gasteiger partial charge in [-0.05, 0) is 20.9 Å². The number of hydrogen-bond acceptors (Lipinski definition) is 5. The lowest BCUT2D eigenvalue weighted by molar-refractivity contribution is -0.0459. The Bertz CT molecular complexity index is 638. The normalized spacial score (nSPS) is 27.0. The largest absolute Gasteiger partial charge is 0.394 e. The van der Waals surface area contributed by atoms with E-state index in [1.54, 1.807) is 0 Å². The van der Waals surface area contributed by atoms with E-state index in [1.165, 1.54) is 15.7 Å². The quantitative estimate of drug-likeness (QED) is 0.662. The number of aliphatic hydroxyl groups excluding tert-OH is 2. The molecule has 0 saturated carbocycles. The smallest absolute Gasteiger partial charge is 0.330 e. The van der Waals surface area contributed by atoms with Crippen molar-refractivity contribution in [3.63, 3.8) is 0 Å². The highest BCUT2D eigenvalue weighted by molar-refractivity contribution is 9.16. The van der Waals surface area contributed by atoms with Crippen LogP contribution in [0.15, 0.2) is 20.8 Å². The molecule has 7 nitrogen and oxygen atoms in total. The number of aromatic amines is 1. The standard InChI is InChI=1S/C11H12Br2N2O5/c12-2-6(13)5-3-15(11(19)14-10(5)18)9-1-7(17)8(4-16)20-9/h2-3,7-9,16-17H,1,4H2,(H,14,18,19)/b6-2+/t7-,8+,9-/m0/s1. The van der Waals surface area contributed by atoms with Crippen LogP contribution >= 0.6 is 31.9 Å². The molecule has 0 spiro atoms. The van der Waals surface area contributed by atoms with Crippen LogP contribution in [0.4, 0.5) is 0 Å². The van der Waals surface area contributed by atoms with Gasteiger partial charge in [0, 0.05) is 17.1 Å². The van der Waals surface area contributed by atoms with E-state index < -0.39 is 29.7 Å². The van der Waals surface area contributed by atoms with Gasteiger partial charge in [0.25, 0.3) is 5.56 Å². The molecule has 2 heterocycles. The molecule has 0 radical (unpaired) electrons. The van der Waals surface area contributed by atoms with Gasteiger partial charge in [-0.15, -0.1) is 0 Å². The predicted octanol–water partition coefficient (Wildman–Crippen LogP) is 0.266. The minimum absolute atomic E-state index is 0.159. The summed E-state index contributed by atoms with van der Waals surface area (Å²) in [6, 6.07) is 0. The fraction of sp³-hybridized carbons (Fsp3) is 0.455. The molecular weight excluding hydrogens is 400 g/mol. The fourth-order valence-corrected chi connectivity index (χ4v) is 2.51. The van der Waals surface area contributed by atoms with Crippen LogP contribution in [0.5, 0.6) is 0 Å². The van der Waals surface area contributed by atoms with Crippen molar-refractivity contribution in [3.05, 3.63) is 37.6 Å². The average Bonchev–Trinajstić information content (AvgIpc) is 2.79. The van der Waals surface area contributed by atoms with E-state index in [4.69, 9.17) is 9.84 Å². The number of H-pyrrole nitrogens is 1. The molecule has 2 rings (SSSR count). The summed E-state index contributed by atoms with van der Waals surface area (Å²) < 4.78 is 7.04. The minimum Gasteiger partial charge on any atom is -0.394 e. The molecule has 0 unspecified atom stereocenters. The number of nitrogens with one attached hydrogen (secondary N) is 1. The van der Waals surface area contributed by atoms with Gasteiger partial charge in [-0.2, -0.15) is 0 Å². The average molecular weight is 412 g/mol. The summed E-state index contributed by atoms with van der Waals surface area (Å²) in [7, 11) is 0. The molecule has 1 aliphatic heterocycles. The van der Waals surface area contributed by atoms with Crippen molar-refractivity contribution in [2.45, 2.75) is 24.9 Å². The molecule has 0 bridgehead atoms. The lowest BCUT2D eigenvalue weighted by Crippen LogP contribution is -2.33. The van der Waals surface area contributed by atoms with Crippen LogP contribution < -0.4 is 11.2 Å². The highest BCUT2D eigenvalue weighted by Gasteiger charge is 2.35. The van der Waals surface area contributed by atoms with E-state index in [2.05, 4.69) is 36.8 Å². The number of halogens is 2. The lowest BCUT2D eigenvalue weighted by Gasteiger charge is -2.15. The topological polar surface area (TPSA) is 105 Å². The Labute approximate surface area is 130 Å². The van der Waals surface area contributed by atoms with Gasteiger partial charge in [0.1, 0.15) is 12.3 Å². The second-order valence-corrected chi connectivity index (χ2v) is 5.59. The highest BCUT2D eigenvalue weighted by Crippen LogP contribution is 2.28. The van der Waals surface area contributed by atoms with Crippen LogP contribution in [-0.2, 0) is 4.74 Å². The number of hydrogen-bond donors (Lipinski definition) is 3. The molecule has 1 aromatic rings. The molecule has 1 aliphatic rings. The lowest BCUT2D eigenvalue weighted by atomic mass is 10.2. The molecule has 3 N–H and O–H groups in total. The maximum atomic E-state index is 11.8. The van der Waals surface area contributed by atoms with Crippen LogP contribution in [-0.4, -0.2) is 38.6 Å². The van der Waals surface area contributed by atoms with E-state index in [1.807, 2.05) is 0 Å². The third kappa shape index (κ3) is 2.96. The summed E-state index contributed by atoms with van der Waals surface area (Å²) in [6.45, 7) is -0.340. The van der Waals surface area contributed by atoms with Crippen molar-refractivity contribution < 1.29 is 14.9 Å². The Morgan fingerprint density at radius 1 is 1.60 bits per heavy atom. The van der Waals surface area contributed by atoms with Gasteiger partial charge in [0.05, 0.1) is 18.3 Å². The monoisotopic (exact) mass is 410 g/mol. The van der Waals surface area contributed by atoms with Crippen molar-refractivity contribution in [3.8, 4) is 0 Å². The summed E-state index contributed by atoms with van der Waals surface area (Å²) in [5, 5.41) is 18.7. The van der Waals surface area contributed by atoms with Gasteiger partial charge in [-0.1, -0.05) is 15.9 Å². The zero-order chi connectivity index (χ0) is 14.9. The first kappa shape index (κ1) is 15.6. The third-order valence-electron chi connectivity index (χ3n) is 3.02. The van der Waals surface area contributed by atoms with Crippen molar-refractivity contribution >= 4 is 36.3 Å². The Hall–Kier alpha value is -0.740. The Morgan fingerprint density at radius 3 is 2.85 bits per heavy atom. The molecule has 3 atom stereocenters. The van der Waals surface area contributed by atoms with Crippen molar-refractivity contribution in [2.75, 3.05) is 6.61 Å². The Balaban J connectivity index is 2.43. The van der Waals surface area contributed by atoms with Crippen molar-refractivity contribution in [1.82, 2.24) is 9.55 Å². The van der Waals surface area contributed by atoms with Gasteiger partial charge in [0.15, 0.2) is 0 Å². The number of aliphatic hydroxyl groups is 2. The van der Waals surface area contributed by atoms with Gasteiger partial charge >= 0.3 is 5.69 Å². The summed E-state index contributed by atoms with van der Waals surface area (Å²) >= 11 is 6.28. The number of rotatable bonds is 3. The SMILES string of the molecule is O=c1[nH]c(=O)n([C@@H]2C[C@H](O)[C@@H](CO)O2)cc1/C(Br)=C\Br. The molecular formula is C11H12Br2N2O5. The molecule has 0 amide bonds. The summed E-state index contributed by atoms with van der Waals surface area (Å²) in [6.07, 6.45) is -0.826. The van der Waals surface area contributed by atoms with E-state index in [0.717, 1.165) is 0 Å². The molecule has 1 aromatic heterocycles. The fourth-order valence-electron chi connectivity index (χ4n) is 1.98. The maximum absolute atomic E-state index is 11.8. The molecule has 0 aliphatic carbocycles. The van der Waals surface area contributed by atoms with Gasteiger partial charge in [-0.25, -0.2) is 4.79 Å². The molecule has 9 heteroatoms. The second-order valence-electron chi connectivity index (χ2n) is 4.28. The molecule has 1 saturated heterocycles. The summed E-state index contributed by atoms with van der Waals surface area (Å²) in [5.74, 6) is 0. The number of aromatic nitrogens is 2. The molecule has 0 aromatic carbocycles. The van der Waals surface area contributed by atoms with E-state index >= 15 is 0 Å². The first-order chi connectivity index (χ1) is 9.47. The van der Waals surface area contributed by atoms with Crippen molar-refractivity contribution in [1.29, 1.82) is 0 Å². The van der Waals surface area contributed by atoms with Crippen LogP contribution in [0.1, 0.15) is 18.2 Å². The van der Waals surface area contributed by atoms with Gasteiger partial charge < -0.3 is 14.9 Å². The number of ether oxygens (including phenoxy) is 1. The number of nitrogens with zero attached hydrogens (tertiary/aromatic N) is 1. The van der Waals surface area contributed by atoms with E-state index in [9.17, 15) is 14.7 Å². The van der Waals surface area contributed by atoms with Crippen LogP contribution in [0, 0.1) is 0 Å². The Morgan fingerprint density at radius 2 is 2.30 bits per heavy atom. The predicted molar refractivity (Wildman–Crippen MR) is 78.8 cm³/mol.